The maximum atomic E-state index is 16.0. The minimum Gasteiger partial charge on any atom is -0.412 e. The molecule has 14 heteroatoms. The van der Waals surface area contributed by atoms with E-state index in [1.54, 1.807) is 0 Å². The van der Waals surface area contributed by atoms with E-state index in [1.165, 1.54) is 54.8 Å². The Balaban J connectivity index is 0.00000312. The Hall–Kier alpha value is -0.108. The predicted octanol–water partition coefficient (Wildman–Crippen LogP) is 0.872. The zero-order valence-corrected chi connectivity index (χ0v) is 28.0. The lowest BCUT2D eigenvalue weighted by atomic mass is 9.74. The zero-order chi connectivity index (χ0) is 30.6. The lowest BCUT2D eigenvalue weighted by Crippen LogP contribution is -2.62. The zero-order valence-electron chi connectivity index (χ0n) is 26.6. The van der Waals surface area contributed by atoms with Crippen LogP contribution < -0.4 is 42.5 Å². The Morgan fingerprint density at radius 3 is 1.24 bits per heavy atom. The third kappa shape index (κ3) is 5.26. The van der Waals surface area contributed by atoms with Gasteiger partial charge in [-0.05, 0) is 74.0 Å². The maximum Gasteiger partial charge on any atom is 0.183 e. The van der Waals surface area contributed by atoms with E-state index < -0.39 is 53.6 Å². The first-order valence-electron chi connectivity index (χ1n) is 18.3. The molecule has 1 radical (unpaired) electrons. The van der Waals surface area contributed by atoms with Crippen molar-refractivity contribution < 1.29 is 23.0 Å². The van der Waals surface area contributed by atoms with Crippen molar-refractivity contribution in [2.24, 2.45) is 47.3 Å². The third-order valence-electron chi connectivity index (χ3n) is 14.2. The fourth-order valence-electron chi connectivity index (χ4n) is 12.1. The van der Waals surface area contributed by atoms with Crippen molar-refractivity contribution in [3.05, 3.63) is 0 Å². The molecular formula is C32H54AlF4N8O. The molecule has 21 atom stereocenters. The summed E-state index contributed by atoms with van der Waals surface area (Å²) in [5.74, 6) is 0.565. The molecule has 0 aromatic rings. The van der Waals surface area contributed by atoms with Crippen LogP contribution >= 0.6 is 0 Å². The normalized spacial score (nSPS) is 59.5. The molecule has 5 aliphatic heterocycles. The van der Waals surface area contributed by atoms with Gasteiger partial charge in [-0.15, -0.1) is 0 Å². The van der Waals surface area contributed by atoms with Gasteiger partial charge in [0.2, 0.25) is 0 Å². The first-order chi connectivity index (χ1) is 21.9. The molecule has 9 nitrogen and oxygen atoms in total. The molecule has 9 aliphatic rings. The molecule has 0 aromatic carbocycles. The molecule has 10 N–H and O–H groups in total. The topological polar surface area (TPSA) is 128 Å². The molecule has 0 amide bonds. The van der Waals surface area contributed by atoms with Gasteiger partial charge >= 0.3 is 0 Å². The highest BCUT2D eigenvalue weighted by Crippen LogP contribution is 2.50. The largest absolute Gasteiger partial charge is 0.412 e. The molecule has 9 rings (SSSR count). The number of alkyl halides is 4. The summed E-state index contributed by atoms with van der Waals surface area (Å²) in [6.45, 7) is 0. The second kappa shape index (κ2) is 12.9. The standard InChI is InChI=1S/C32H51F4N8.Al.H2O.H/c33-19-11-5-10-17-21(19)31-42-29(17)40-27-15-8-3-1-6-13(15)25(38-27)37-26-14-7-2-4-9-16(14)28(39-26)41-30-18-12-20(34)23(35)24(36)22(18)32(43-30)44-31;;;/h12-32,37-44H,1-11H2;;1H2;. The molecule has 4 saturated carbocycles. The van der Waals surface area contributed by atoms with Gasteiger partial charge in [-0.25, -0.2) is 17.6 Å². The summed E-state index contributed by atoms with van der Waals surface area (Å²) < 4.78 is 61.7. The van der Waals surface area contributed by atoms with Crippen LogP contribution in [0.1, 0.15) is 70.6 Å². The molecule has 9 fully saturated rings. The van der Waals surface area contributed by atoms with Crippen molar-refractivity contribution in [1.82, 2.24) is 42.5 Å². The summed E-state index contributed by atoms with van der Waals surface area (Å²) in [5, 5.41) is 30.7. The average molecular weight is 670 g/mol. The van der Waals surface area contributed by atoms with E-state index in [2.05, 4.69) is 42.5 Å². The van der Waals surface area contributed by atoms with Crippen LogP contribution in [0.4, 0.5) is 17.6 Å². The number of hydrogen-bond donors (Lipinski definition) is 8. The first kappa shape index (κ1) is 33.1. The Kier molecular flexibility index (Phi) is 9.27. The van der Waals surface area contributed by atoms with Gasteiger partial charge in [0.15, 0.2) is 22.5 Å². The van der Waals surface area contributed by atoms with E-state index in [0.717, 1.165) is 25.7 Å². The second-order valence-electron chi connectivity index (χ2n) is 16.2. The van der Waals surface area contributed by atoms with Gasteiger partial charge in [0.25, 0.3) is 0 Å². The number of hydrogen-bond acceptors (Lipinski definition) is 8. The van der Waals surface area contributed by atoms with Gasteiger partial charge in [-0.3, -0.25) is 42.5 Å². The van der Waals surface area contributed by atoms with Gasteiger partial charge in [-0.2, -0.15) is 0 Å². The van der Waals surface area contributed by atoms with Crippen LogP contribution in [0.5, 0.6) is 0 Å². The van der Waals surface area contributed by atoms with E-state index in [9.17, 15) is 0 Å². The molecule has 0 aromatic heterocycles. The highest BCUT2D eigenvalue weighted by molar-refractivity contribution is 6.12. The van der Waals surface area contributed by atoms with Crippen LogP contribution in [-0.4, -0.2) is 95.8 Å². The molecule has 259 valence electrons. The number of nitrogens with one attached hydrogen (secondary N) is 8. The van der Waals surface area contributed by atoms with Crippen LogP contribution in [0.2, 0.25) is 4.78 Å². The molecule has 5 heterocycles. The number of rotatable bonds is 0. The summed E-state index contributed by atoms with van der Waals surface area (Å²) >= 11 is 1.48. The monoisotopic (exact) mass is 669 g/mol. The molecule has 8 bridgehead atoms. The van der Waals surface area contributed by atoms with Gasteiger partial charge in [0, 0.05) is 11.8 Å². The fourth-order valence-corrected chi connectivity index (χ4v) is 13.0. The lowest BCUT2D eigenvalue weighted by molar-refractivity contribution is -0.0293. The molecule has 5 saturated heterocycles. The van der Waals surface area contributed by atoms with E-state index in [1.807, 2.05) is 0 Å². The second-order valence-corrected chi connectivity index (χ2v) is 17.2. The quantitative estimate of drug-likeness (QED) is 0.141. The van der Waals surface area contributed by atoms with Gasteiger partial charge < -0.3 is 5.48 Å². The first-order valence-corrected chi connectivity index (χ1v) is 19.2. The smallest absolute Gasteiger partial charge is 0.183 e. The minimum atomic E-state index is -2.15. The van der Waals surface area contributed by atoms with Crippen molar-refractivity contribution in [3.63, 3.8) is 0 Å². The Labute approximate surface area is 278 Å². The highest BCUT2D eigenvalue weighted by atomic mass is 27.0. The van der Waals surface area contributed by atoms with Crippen LogP contribution in [0.25, 0.3) is 0 Å². The van der Waals surface area contributed by atoms with Crippen molar-refractivity contribution in [1.29, 1.82) is 0 Å². The molecule has 0 spiro atoms. The minimum absolute atomic E-state index is 0. The van der Waals surface area contributed by atoms with Gasteiger partial charge in [-0.1, -0.05) is 36.9 Å². The highest BCUT2D eigenvalue weighted by Gasteiger charge is 2.61. The van der Waals surface area contributed by atoms with Crippen LogP contribution in [0, 0.1) is 47.3 Å². The summed E-state index contributed by atoms with van der Waals surface area (Å²) in [6.07, 6.45) is 3.93. The Morgan fingerprint density at radius 2 is 0.739 bits per heavy atom. The number of fused-ring (bicyclic) bond motifs is 20. The third-order valence-corrected chi connectivity index (χ3v) is 15.2. The van der Waals surface area contributed by atoms with Gasteiger partial charge in [0.05, 0.1) is 49.3 Å². The van der Waals surface area contributed by atoms with E-state index in [4.69, 9.17) is 0 Å². The van der Waals surface area contributed by atoms with Crippen molar-refractivity contribution in [2.45, 2.75) is 149 Å². The van der Waals surface area contributed by atoms with Crippen LogP contribution in [-0.2, 0) is 0 Å². The summed E-state index contributed by atoms with van der Waals surface area (Å²) in [6, 6.07) is 0. The summed E-state index contributed by atoms with van der Waals surface area (Å²) in [4.78, 5) is 0. The Bertz CT molecular complexity index is 1100. The van der Waals surface area contributed by atoms with Crippen LogP contribution in [0.3, 0.4) is 0 Å². The van der Waals surface area contributed by atoms with Crippen LogP contribution in [0.15, 0.2) is 0 Å². The van der Waals surface area contributed by atoms with E-state index in [-0.39, 0.29) is 54.3 Å². The van der Waals surface area contributed by atoms with Crippen molar-refractivity contribution >= 4 is 16.3 Å². The fraction of sp³-hybridized carbons (Fsp3) is 1.00. The molecule has 46 heavy (non-hydrogen) atoms. The number of halogens is 4. The van der Waals surface area contributed by atoms with Crippen molar-refractivity contribution in [2.75, 3.05) is 0 Å². The summed E-state index contributed by atoms with van der Waals surface area (Å²) in [5.41, 5.74) is 0. The lowest BCUT2D eigenvalue weighted by Gasteiger charge is -2.43. The maximum absolute atomic E-state index is 16.0. The van der Waals surface area contributed by atoms with E-state index >= 15 is 17.6 Å². The molecule has 21 unspecified atom stereocenters. The van der Waals surface area contributed by atoms with E-state index in [0.29, 0.717) is 30.1 Å². The van der Waals surface area contributed by atoms with Gasteiger partial charge in [0.1, 0.15) is 18.5 Å². The predicted molar refractivity (Wildman–Crippen MR) is 168 cm³/mol. The Morgan fingerprint density at radius 1 is 0.370 bits per heavy atom. The average Bonchev–Trinajstić information content (AvgIpc) is 3.78. The SMILES string of the molecule is FC1CCCC2C3NC4NC(NC5NC(NC6NC(NC(N3)C12)C1C(F)C(F)C(F)[CH]([AlH])C61)C1CCCCC51)C1CCCCC41.O. The molecule has 4 aliphatic carbocycles. The summed E-state index contributed by atoms with van der Waals surface area (Å²) in [7, 11) is 0. The molecular weight excluding hydrogens is 615 g/mol. The van der Waals surface area contributed by atoms with Crippen molar-refractivity contribution in [3.8, 4) is 0 Å².